The molecule has 2 aromatic heterocycles. The van der Waals surface area contributed by atoms with Crippen LogP contribution >= 0.6 is 0 Å². The minimum Gasteiger partial charge on any atom is -0.322 e. The molecule has 5 nitrogen and oxygen atoms in total. The van der Waals surface area contributed by atoms with Gasteiger partial charge in [-0.2, -0.15) is 5.10 Å². The van der Waals surface area contributed by atoms with E-state index >= 15 is 0 Å². The molecule has 0 aliphatic rings. The Morgan fingerprint density at radius 1 is 1.30 bits per heavy atom. The van der Waals surface area contributed by atoms with E-state index in [9.17, 15) is 4.79 Å². The Kier molecular flexibility index (Phi) is 3.35. The van der Waals surface area contributed by atoms with E-state index in [0.29, 0.717) is 13.1 Å². The van der Waals surface area contributed by atoms with E-state index in [1.54, 1.807) is 4.68 Å². The highest BCUT2D eigenvalue weighted by molar-refractivity contribution is 5.78. The molecule has 2 heterocycles. The molecule has 0 saturated heterocycles. The molecule has 0 aliphatic heterocycles. The summed E-state index contributed by atoms with van der Waals surface area (Å²) in [6.45, 7) is 1.23. The molecular formula is C15H16N4O. The first-order chi connectivity index (χ1) is 9.72. The van der Waals surface area contributed by atoms with Crippen molar-refractivity contribution >= 4 is 10.9 Å². The Labute approximate surface area is 116 Å². The first kappa shape index (κ1) is 12.6. The molecule has 2 N–H and O–H groups in total. The third-order valence-corrected chi connectivity index (χ3v) is 3.23. The summed E-state index contributed by atoms with van der Waals surface area (Å²) in [6.07, 6.45) is 3.77. The first-order valence-electron chi connectivity index (χ1n) is 6.51. The van der Waals surface area contributed by atoms with Gasteiger partial charge in [0.25, 0.3) is 5.56 Å². The lowest BCUT2D eigenvalue weighted by molar-refractivity contribution is 0.687. The van der Waals surface area contributed by atoms with Crippen LogP contribution in [0.5, 0.6) is 0 Å². The molecule has 0 aliphatic carbocycles. The van der Waals surface area contributed by atoms with Crippen LogP contribution in [0.25, 0.3) is 10.9 Å². The van der Waals surface area contributed by atoms with Gasteiger partial charge in [0, 0.05) is 43.0 Å². The molecule has 0 radical (unpaired) electrons. The third kappa shape index (κ3) is 2.62. The zero-order valence-corrected chi connectivity index (χ0v) is 11.3. The summed E-state index contributed by atoms with van der Waals surface area (Å²) in [5.74, 6) is 0. The average molecular weight is 268 g/mol. The second kappa shape index (κ2) is 5.30. The van der Waals surface area contributed by atoms with Crippen LogP contribution in [-0.2, 0) is 20.1 Å². The van der Waals surface area contributed by atoms with Crippen LogP contribution in [0.4, 0.5) is 0 Å². The number of fused-ring (bicyclic) bond motifs is 1. The maximum absolute atomic E-state index is 12.0. The van der Waals surface area contributed by atoms with Crippen molar-refractivity contribution in [3.63, 3.8) is 0 Å². The lowest BCUT2D eigenvalue weighted by Crippen LogP contribution is -2.20. The Bertz CT molecular complexity index is 788. The van der Waals surface area contributed by atoms with E-state index in [4.69, 9.17) is 0 Å². The maximum atomic E-state index is 12.0. The number of H-pyrrole nitrogens is 1. The zero-order chi connectivity index (χ0) is 13.9. The number of rotatable bonds is 4. The van der Waals surface area contributed by atoms with E-state index in [1.807, 2.05) is 49.8 Å². The van der Waals surface area contributed by atoms with Crippen molar-refractivity contribution in [2.45, 2.75) is 13.1 Å². The van der Waals surface area contributed by atoms with Crippen LogP contribution in [0.2, 0.25) is 0 Å². The number of aromatic nitrogens is 3. The van der Waals surface area contributed by atoms with Crippen LogP contribution in [-0.4, -0.2) is 14.8 Å². The number of benzene rings is 1. The van der Waals surface area contributed by atoms with Gasteiger partial charge in [-0.05, 0) is 17.5 Å². The second-order valence-electron chi connectivity index (χ2n) is 4.84. The summed E-state index contributed by atoms with van der Waals surface area (Å²) in [4.78, 5) is 14.9. The van der Waals surface area contributed by atoms with Crippen molar-refractivity contribution in [1.82, 2.24) is 20.1 Å². The predicted molar refractivity (Wildman–Crippen MR) is 78.3 cm³/mol. The van der Waals surface area contributed by atoms with Gasteiger partial charge in [-0.15, -0.1) is 0 Å². The van der Waals surface area contributed by atoms with Crippen molar-refractivity contribution in [3.05, 3.63) is 64.2 Å². The molecule has 102 valence electrons. The van der Waals surface area contributed by atoms with Crippen molar-refractivity contribution < 1.29 is 0 Å². The van der Waals surface area contributed by atoms with E-state index in [1.165, 1.54) is 0 Å². The number of hydrogen-bond donors (Lipinski definition) is 2. The fraction of sp³-hybridized carbons (Fsp3) is 0.200. The van der Waals surface area contributed by atoms with Gasteiger partial charge >= 0.3 is 0 Å². The van der Waals surface area contributed by atoms with Gasteiger partial charge in [-0.1, -0.05) is 18.2 Å². The van der Waals surface area contributed by atoms with Crippen molar-refractivity contribution in [2.75, 3.05) is 0 Å². The molecule has 0 bridgehead atoms. The number of pyridine rings is 1. The van der Waals surface area contributed by atoms with Crippen LogP contribution in [0, 0.1) is 0 Å². The van der Waals surface area contributed by atoms with Crippen LogP contribution in [0.1, 0.15) is 11.1 Å². The smallest absolute Gasteiger partial charge is 0.252 e. The highest BCUT2D eigenvalue weighted by Crippen LogP contribution is 2.10. The molecule has 0 atom stereocenters. The predicted octanol–water partition coefficient (Wildman–Crippen LogP) is 1.55. The number of hydrogen-bond acceptors (Lipinski definition) is 3. The second-order valence-corrected chi connectivity index (χ2v) is 4.84. The summed E-state index contributed by atoms with van der Waals surface area (Å²) < 4.78 is 1.76. The van der Waals surface area contributed by atoms with Crippen LogP contribution in [0.15, 0.2) is 47.5 Å². The SMILES string of the molecule is Cn1cc(CNCc2cc3ccccc3[nH]c2=O)cn1. The normalized spacial score (nSPS) is 11.1. The van der Waals surface area contributed by atoms with E-state index < -0.39 is 0 Å². The van der Waals surface area contributed by atoms with Crippen LogP contribution < -0.4 is 10.9 Å². The first-order valence-corrected chi connectivity index (χ1v) is 6.51. The minimum absolute atomic E-state index is 0.0395. The quantitative estimate of drug-likeness (QED) is 0.754. The molecule has 3 aromatic rings. The summed E-state index contributed by atoms with van der Waals surface area (Å²) in [7, 11) is 1.89. The Balaban J connectivity index is 1.74. The molecule has 0 fully saturated rings. The molecule has 20 heavy (non-hydrogen) atoms. The van der Waals surface area contributed by atoms with Gasteiger partial charge in [-0.3, -0.25) is 9.48 Å². The van der Waals surface area contributed by atoms with Gasteiger partial charge in [0.2, 0.25) is 0 Å². The van der Waals surface area contributed by atoms with Gasteiger partial charge in [0.05, 0.1) is 6.20 Å². The largest absolute Gasteiger partial charge is 0.322 e. The minimum atomic E-state index is -0.0395. The topological polar surface area (TPSA) is 62.7 Å². The molecule has 5 heteroatoms. The van der Waals surface area contributed by atoms with Crippen molar-refractivity contribution in [2.24, 2.45) is 7.05 Å². The highest BCUT2D eigenvalue weighted by Gasteiger charge is 2.03. The number of nitrogens with one attached hydrogen (secondary N) is 2. The maximum Gasteiger partial charge on any atom is 0.252 e. The van der Waals surface area contributed by atoms with E-state index in [2.05, 4.69) is 15.4 Å². The fourth-order valence-corrected chi connectivity index (χ4v) is 2.23. The van der Waals surface area contributed by atoms with E-state index in [-0.39, 0.29) is 5.56 Å². The highest BCUT2D eigenvalue weighted by atomic mass is 16.1. The lowest BCUT2D eigenvalue weighted by atomic mass is 10.1. The fourth-order valence-electron chi connectivity index (χ4n) is 2.23. The molecule has 0 unspecified atom stereocenters. The summed E-state index contributed by atoms with van der Waals surface area (Å²) in [5, 5.41) is 8.42. The zero-order valence-electron chi connectivity index (χ0n) is 11.3. The molecule has 0 saturated carbocycles. The molecule has 3 rings (SSSR count). The van der Waals surface area contributed by atoms with Crippen molar-refractivity contribution in [1.29, 1.82) is 0 Å². The van der Waals surface area contributed by atoms with Crippen molar-refractivity contribution in [3.8, 4) is 0 Å². The Hall–Kier alpha value is -2.40. The monoisotopic (exact) mass is 268 g/mol. The average Bonchev–Trinajstić information content (AvgIpc) is 2.85. The Morgan fingerprint density at radius 2 is 2.15 bits per heavy atom. The van der Waals surface area contributed by atoms with Gasteiger partial charge in [0.1, 0.15) is 0 Å². The number of nitrogens with zero attached hydrogens (tertiary/aromatic N) is 2. The van der Waals surface area contributed by atoms with Gasteiger partial charge < -0.3 is 10.3 Å². The molecule has 1 aromatic carbocycles. The Morgan fingerprint density at radius 3 is 2.95 bits per heavy atom. The van der Waals surface area contributed by atoms with Crippen LogP contribution in [0.3, 0.4) is 0 Å². The summed E-state index contributed by atoms with van der Waals surface area (Å²) >= 11 is 0. The van der Waals surface area contributed by atoms with Gasteiger partial charge in [-0.25, -0.2) is 0 Å². The molecular weight excluding hydrogens is 252 g/mol. The molecule has 0 amide bonds. The lowest BCUT2D eigenvalue weighted by Gasteiger charge is -2.04. The number of aryl methyl sites for hydroxylation is 1. The standard InChI is InChI=1S/C15H16N4O/c1-19-10-11(8-17-19)7-16-9-13-6-12-4-2-3-5-14(12)18-15(13)20/h2-6,8,10,16H,7,9H2,1H3,(H,18,20). The molecule has 0 spiro atoms. The third-order valence-electron chi connectivity index (χ3n) is 3.23. The van der Waals surface area contributed by atoms with Gasteiger partial charge in [0.15, 0.2) is 0 Å². The van der Waals surface area contributed by atoms with E-state index in [0.717, 1.165) is 22.0 Å². The number of aromatic amines is 1. The number of para-hydroxylation sites is 1. The summed E-state index contributed by atoms with van der Waals surface area (Å²) in [5.41, 5.74) is 2.67. The summed E-state index contributed by atoms with van der Waals surface area (Å²) in [6, 6.07) is 9.72.